The topological polar surface area (TPSA) is 79.4 Å². The van der Waals surface area contributed by atoms with Gasteiger partial charge >= 0.3 is 5.97 Å². The molecule has 2 aliphatic rings. The van der Waals surface area contributed by atoms with Crippen LogP contribution >= 0.6 is 0 Å². The molecule has 1 saturated carbocycles. The van der Waals surface area contributed by atoms with E-state index >= 15 is 0 Å². The number of rotatable bonds is 3. The van der Waals surface area contributed by atoms with Crippen molar-refractivity contribution in [1.82, 2.24) is 9.78 Å². The number of nitrogens with zero attached hydrogens (tertiary/aromatic N) is 2. The van der Waals surface area contributed by atoms with Crippen LogP contribution in [0.25, 0.3) is 0 Å². The van der Waals surface area contributed by atoms with E-state index in [4.69, 9.17) is 15.2 Å². The summed E-state index contributed by atoms with van der Waals surface area (Å²) >= 11 is 0. The molecule has 2 N–H and O–H groups in total. The number of nitrogen functional groups attached to an aromatic ring is 1. The van der Waals surface area contributed by atoms with Crippen LogP contribution in [0.15, 0.2) is 12.3 Å². The number of anilines is 1. The molecule has 2 fully saturated rings. The van der Waals surface area contributed by atoms with Crippen LogP contribution in [0, 0.1) is 0 Å². The first-order valence-corrected chi connectivity index (χ1v) is 7.78. The lowest BCUT2D eigenvalue weighted by molar-refractivity contribution is -0.171. The van der Waals surface area contributed by atoms with Gasteiger partial charge in [0.25, 0.3) is 0 Å². The van der Waals surface area contributed by atoms with Gasteiger partial charge in [0.2, 0.25) is 0 Å². The predicted molar refractivity (Wildman–Crippen MR) is 77.5 cm³/mol. The Bertz CT molecular complexity index is 489. The highest BCUT2D eigenvalue weighted by Crippen LogP contribution is 2.39. The van der Waals surface area contributed by atoms with Crippen LogP contribution in [-0.2, 0) is 20.8 Å². The maximum Gasteiger partial charge on any atom is 0.328 e. The first-order valence-electron chi connectivity index (χ1n) is 7.78. The van der Waals surface area contributed by atoms with Crippen molar-refractivity contribution >= 4 is 11.8 Å². The highest BCUT2D eigenvalue weighted by atomic mass is 16.6. The van der Waals surface area contributed by atoms with Crippen LogP contribution < -0.4 is 5.73 Å². The minimum Gasteiger partial charge on any atom is -0.461 e. The van der Waals surface area contributed by atoms with Gasteiger partial charge in [0.05, 0.1) is 12.2 Å². The third-order valence-electron chi connectivity index (χ3n) is 4.46. The van der Waals surface area contributed by atoms with Crippen molar-refractivity contribution in [3.8, 4) is 0 Å². The summed E-state index contributed by atoms with van der Waals surface area (Å²) in [5.41, 5.74) is 5.49. The summed E-state index contributed by atoms with van der Waals surface area (Å²) in [7, 11) is 0. The quantitative estimate of drug-likeness (QED) is 0.861. The Kier molecular flexibility index (Phi) is 4.14. The first-order chi connectivity index (χ1) is 10.2. The molecule has 2 heterocycles. The van der Waals surface area contributed by atoms with E-state index in [0.717, 1.165) is 25.7 Å². The van der Waals surface area contributed by atoms with Gasteiger partial charge in [-0.3, -0.25) is 9.48 Å². The van der Waals surface area contributed by atoms with Crippen LogP contribution in [0.3, 0.4) is 0 Å². The molecule has 0 radical (unpaired) electrons. The molecular formula is C15H23N3O3. The fourth-order valence-corrected chi connectivity index (χ4v) is 3.45. The Morgan fingerprint density at radius 3 is 3.00 bits per heavy atom. The van der Waals surface area contributed by atoms with E-state index in [0.29, 0.717) is 12.4 Å². The molecule has 0 bridgehead atoms. The number of nitrogens with two attached hydrogens (primary N) is 1. The minimum atomic E-state index is -0.254. The van der Waals surface area contributed by atoms with E-state index in [1.807, 2.05) is 0 Å². The van der Waals surface area contributed by atoms with E-state index in [-0.39, 0.29) is 24.2 Å². The standard InChI is InChI=1S/C15H23N3O3/c16-13-4-8-18(17-13)11-14(19)21-12-5-9-20-15(10-12)6-2-1-3-7-15/h4,8,12H,1-3,5-7,9-11H2,(H2,16,17). The van der Waals surface area contributed by atoms with Gasteiger partial charge in [0, 0.05) is 19.0 Å². The van der Waals surface area contributed by atoms with Gasteiger partial charge in [0.1, 0.15) is 18.5 Å². The van der Waals surface area contributed by atoms with Crippen molar-refractivity contribution in [2.24, 2.45) is 0 Å². The second-order valence-corrected chi connectivity index (χ2v) is 6.13. The van der Waals surface area contributed by atoms with Gasteiger partial charge in [-0.25, -0.2) is 0 Å². The first kappa shape index (κ1) is 14.4. The van der Waals surface area contributed by atoms with E-state index in [9.17, 15) is 4.79 Å². The summed E-state index contributed by atoms with van der Waals surface area (Å²) in [6, 6.07) is 1.67. The summed E-state index contributed by atoms with van der Waals surface area (Å²) in [6.45, 7) is 0.800. The van der Waals surface area contributed by atoms with E-state index < -0.39 is 0 Å². The molecule has 1 spiro atoms. The van der Waals surface area contributed by atoms with Crippen molar-refractivity contribution in [1.29, 1.82) is 0 Å². The van der Waals surface area contributed by atoms with Crippen LogP contribution in [0.2, 0.25) is 0 Å². The summed E-state index contributed by atoms with van der Waals surface area (Å²) in [5.74, 6) is 0.158. The second kappa shape index (κ2) is 6.05. The number of ether oxygens (including phenoxy) is 2. The van der Waals surface area contributed by atoms with Crippen molar-refractivity contribution in [3.63, 3.8) is 0 Å². The summed E-state index contributed by atoms with van der Waals surface area (Å²) in [6.07, 6.45) is 9.18. The van der Waals surface area contributed by atoms with Crippen LogP contribution in [-0.4, -0.2) is 34.1 Å². The molecule has 21 heavy (non-hydrogen) atoms. The van der Waals surface area contributed by atoms with Gasteiger partial charge < -0.3 is 15.2 Å². The number of hydrogen-bond acceptors (Lipinski definition) is 5. The number of aromatic nitrogens is 2. The van der Waals surface area contributed by atoms with Crippen molar-refractivity contribution in [2.75, 3.05) is 12.3 Å². The molecule has 1 aromatic rings. The number of hydrogen-bond donors (Lipinski definition) is 1. The Morgan fingerprint density at radius 1 is 1.48 bits per heavy atom. The highest BCUT2D eigenvalue weighted by molar-refractivity contribution is 5.69. The fourth-order valence-electron chi connectivity index (χ4n) is 3.45. The number of carbonyl (C=O) groups excluding carboxylic acids is 1. The van der Waals surface area contributed by atoms with E-state index in [2.05, 4.69) is 5.10 Å². The highest BCUT2D eigenvalue weighted by Gasteiger charge is 2.39. The lowest BCUT2D eigenvalue weighted by atomic mass is 9.79. The Hall–Kier alpha value is -1.56. The molecule has 3 rings (SSSR count). The second-order valence-electron chi connectivity index (χ2n) is 6.13. The van der Waals surface area contributed by atoms with Gasteiger partial charge in [-0.2, -0.15) is 5.10 Å². The monoisotopic (exact) mass is 293 g/mol. The van der Waals surface area contributed by atoms with Crippen molar-refractivity contribution < 1.29 is 14.3 Å². The maximum absolute atomic E-state index is 12.0. The largest absolute Gasteiger partial charge is 0.461 e. The van der Waals surface area contributed by atoms with Gasteiger partial charge in [-0.15, -0.1) is 0 Å². The molecular weight excluding hydrogens is 270 g/mol. The van der Waals surface area contributed by atoms with Crippen molar-refractivity contribution in [3.05, 3.63) is 12.3 Å². The molecule has 1 saturated heterocycles. The Balaban J connectivity index is 1.53. The summed E-state index contributed by atoms with van der Waals surface area (Å²) in [5, 5.41) is 4.00. The summed E-state index contributed by atoms with van der Waals surface area (Å²) in [4.78, 5) is 12.0. The smallest absolute Gasteiger partial charge is 0.328 e. The zero-order valence-corrected chi connectivity index (χ0v) is 12.3. The normalized spacial score (nSPS) is 24.9. The molecule has 1 atom stereocenters. The third-order valence-corrected chi connectivity index (χ3v) is 4.46. The molecule has 1 unspecified atom stereocenters. The maximum atomic E-state index is 12.0. The molecule has 116 valence electrons. The van der Waals surface area contributed by atoms with Gasteiger partial charge in [0.15, 0.2) is 0 Å². The molecule has 0 amide bonds. The molecule has 1 aliphatic heterocycles. The summed E-state index contributed by atoms with van der Waals surface area (Å²) < 4.78 is 13.1. The Morgan fingerprint density at radius 2 is 2.29 bits per heavy atom. The molecule has 0 aromatic carbocycles. The third kappa shape index (κ3) is 3.56. The van der Waals surface area contributed by atoms with Crippen molar-refractivity contribution in [2.45, 2.75) is 63.2 Å². The average Bonchev–Trinajstić information content (AvgIpc) is 2.85. The minimum absolute atomic E-state index is 0.0303. The lowest BCUT2D eigenvalue weighted by Gasteiger charge is -2.43. The van der Waals surface area contributed by atoms with Crippen LogP contribution in [0.1, 0.15) is 44.9 Å². The van der Waals surface area contributed by atoms with Gasteiger partial charge in [-0.05, 0) is 18.9 Å². The van der Waals surface area contributed by atoms with Crippen LogP contribution in [0.4, 0.5) is 5.82 Å². The van der Waals surface area contributed by atoms with Crippen LogP contribution in [0.5, 0.6) is 0 Å². The zero-order valence-electron chi connectivity index (χ0n) is 12.3. The molecule has 1 aliphatic carbocycles. The molecule has 6 nitrogen and oxygen atoms in total. The molecule has 1 aromatic heterocycles. The van der Waals surface area contributed by atoms with E-state index in [1.165, 1.54) is 23.9 Å². The van der Waals surface area contributed by atoms with E-state index in [1.54, 1.807) is 12.3 Å². The average molecular weight is 293 g/mol. The zero-order chi connectivity index (χ0) is 14.7. The SMILES string of the molecule is Nc1ccn(CC(=O)OC2CCOC3(CCCCC3)C2)n1. The number of esters is 1. The predicted octanol–water partition coefficient (Wildman–Crippen LogP) is 1.89. The molecule has 6 heteroatoms. The lowest BCUT2D eigenvalue weighted by Crippen LogP contribution is -2.44. The number of carbonyl (C=O) groups is 1. The van der Waals surface area contributed by atoms with Gasteiger partial charge in [-0.1, -0.05) is 19.3 Å². The fraction of sp³-hybridized carbons (Fsp3) is 0.733. The Labute approximate surface area is 124 Å².